The molecule has 126 valence electrons. The molecule has 1 amide bonds. The number of likely N-dealkylation sites (N-methyl/N-ethyl adjacent to an activating group) is 1. The second-order valence-electron chi connectivity index (χ2n) is 6.47. The lowest BCUT2D eigenvalue weighted by Gasteiger charge is -2.34. The van der Waals surface area contributed by atoms with Gasteiger partial charge in [-0.2, -0.15) is 0 Å². The van der Waals surface area contributed by atoms with Crippen LogP contribution in [-0.2, 0) is 4.79 Å². The molecule has 1 atom stereocenters. The van der Waals surface area contributed by atoms with Crippen LogP contribution >= 0.6 is 11.8 Å². The Balaban J connectivity index is 1.55. The van der Waals surface area contributed by atoms with Gasteiger partial charge in [0.2, 0.25) is 5.91 Å². The molecule has 2 aliphatic rings. The fourth-order valence-corrected chi connectivity index (χ4v) is 4.61. The van der Waals surface area contributed by atoms with Crippen LogP contribution in [0.5, 0.6) is 0 Å². The molecule has 1 aromatic rings. The maximum atomic E-state index is 11.5. The Labute approximate surface area is 143 Å². The van der Waals surface area contributed by atoms with Crippen molar-refractivity contribution < 1.29 is 4.79 Å². The standard InChI is InChI=1S/C18H27N3OS/c1-19-18(22)13-21-10-8-14(9-11-21)20-16-6-4-12-23-17-7-3-2-5-15(16)17/h2-3,5,7,14,16,20H,4,6,8-13H2,1H3,(H,19,22)/t16-/m0/s1. The summed E-state index contributed by atoms with van der Waals surface area (Å²) in [7, 11) is 1.71. The number of carbonyl (C=O) groups excluding carboxylic acids is 1. The average molecular weight is 334 g/mol. The van der Waals surface area contributed by atoms with Crippen LogP contribution in [0, 0.1) is 0 Å². The van der Waals surface area contributed by atoms with E-state index >= 15 is 0 Å². The number of thioether (sulfide) groups is 1. The molecule has 2 heterocycles. The Bertz CT molecular complexity index is 529. The second-order valence-corrected chi connectivity index (χ2v) is 7.61. The van der Waals surface area contributed by atoms with Gasteiger partial charge in [-0.3, -0.25) is 9.69 Å². The maximum Gasteiger partial charge on any atom is 0.233 e. The van der Waals surface area contributed by atoms with Crippen molar-refractivity contribution in [3.63, 3.8) is 0 Å². The lowest BCUT2D eigenvalue weighted by Crippen LogP contribution is -2.46. The van der Waals surface area contributed by atoms with E-state index in [1.165, 1.54) is 29.1 Å². The Morgan fingerprint density at radius 1 is 1.26 bits per heavy atom. The summed E-state index contributed by atoms with van der Waals surface area (Å²) in [5, 5.41) is 6.61. The lowest BCUT2D eigenvalue weighted by atomic mass is 9.98. The summed E-state index contributed by atoms with van der Waals surface area (Å²) in [4.78, 5) is 15.2. The van der Waals surface area contributed by atoms with Crippen LogP contribution in [0.1, 0.15) is 37.3 Å². The number of carbonyl (C=O) groups is 1. The zero-order valence-corrected chi connectivity index (χ0v) is 14.7. The number of amides is 1. The Morgan fingerprint density at radius 2 is 2.04 bits per heavy atom. The summed E-state index contributed by atoms with van der Waals surface area (Å²) in [6, 6.07) is 9.89. The number of piperidine rings is 1. The average Bonchev–Trinajstić information content (AvgIpc) is 2.79. The van der Waals surface area contributed by atoms with Gasteiger partial charge in [0.05, 0.1) is 6.54 Å². The number of fused-ring (bicyclic) bond motifs is 1. The molecule has 23 heavy (non-hydrogen) atoms. The molecule has 3 rings (SSSR count). The van der Waals surface area contributed by atoms with Crippen LogP contribution in [0.25, 0.3) is 0 Å². The molecule has 0 aliphatic carbocycles. The smallest absolute Gasteiger partial charge is 0.233 e. The third-order valence-electron chi connectivity index (χ3n) is 4.86. The fourth-order valence-electron chi connectivity index (χ4n) is 3.52. The quantitative estimate of drug-likeness (QED) is 0.888. The SMILES string of the molecule is CNC(=O)CN1CCC(N[C@H]2CCCSc3ccccc32)CC1. The van der Waals surface area contributed by atoms with Gasteiger partial charge in [-0.1, -0.05) is 18.2 Å². The van der Waals surface area contributed by atoms with Crippen molar-refractivity contribution in [2.45, 2.75) is 42.7 Å². The minimum Gasteiger partial charge on any atom is -0.358 e. The molecule has 1 saturated heterocycles. The van der Waals surface area contributed by atoms with E-state index in [-0.39, 0.29) is 5.91 Å². The van der Waals surface area contributed by atoms with Gasteiger partial charge in [0.25, 0.3) is 0 Å². The number of benzene rings is 1. The van der Waals surface area contributed by atoms with Crippen LogP contribution in [0.3, 0.4) is 0 Å². The molecule has 2 aliphatic heterocycles. The maximum absolute atomic E-state index is 11.5. The summed E-state index contributed by atoms with van der Waals surface area (Å²) in [5.41, 5.74) is 1.47. The lowest BCUT2D eigenvalue weighted by molar-refractivity contribution is -0.122. The molecule has 5 heteroatoms. The minimum atomic E-state index is 0.117. The van der Waals surface area contributed by atoms with Gasteiger partial charge >= 0.3 is 0 Å². The van der Waals surface area contributed by atoms with Gasteiger partial charge in [-0.05, 0) is 43.1 Å². The first-order valence-corrected chi connectivity index (χ1v) is 9.65. The van der Waals surface area contributed by atoms with E-state index < -0.39 is 0 Å². The molecule has 0 aromatic heterocycles. The van der Waals surface area contributed by atoms with Gasteiger partial charge < -0.3 is 10.6 Å². The number of nitrogens with zero attached hydrogens (tertiary/aromatic N) is 1. The summed E-state index contributed by atoms with van der Waals surface area (Å²) in [5.74, 6) is 1.34. The molecular weight excluding hydrogens is 306 g/mol. The van der Waals surface area contributed by atoms with Crippen molar-refractivity contribution in [1.82, 2.24) is 15.5 Å². The molecule has 1 fully saturated rings. The topological polar surface area (TPSA) is 44.4 Å². The van der Waals surface area contributed by atoms with E-state index in [0.717, 1.165) is 25.9 Å². The van der Waals surface area contributed by atoms with E-state index in [2.05, 4.69) is 39.8 Å². The van der Waals surface area contributed by atoms with Crippen molar-refractivity contribution in [3.05, 3.63) is 29.8 Å². The summed E-state index contributed by atoms with van der Waals surface area (Å²) in [6.45, 7) is 2.55. The molecular formula is C18H27N3OS. The molecule has 0 bridgehead atoms. The number of hydrogen-bond acceptors (Lipinski definition) is 4. The molecule has 1 aromatic carbocycles. The minimum absolute atomic E-state index is 0.117. The van der Waals surface area contributed by atoms with Crippen LogP contribution in [0.4, 0.5) is 0 Å². The highest BCUT2D eigenvalue weighted by molar-refractivity contribution is 7.99. The Kier molecular flexibility index (Phi) is 5.97. The number of hydrogen-bond donors (Lipinski definition) is 2. The van der Waals surface area contributed by atoms with Gasteiger partial charge in [-0.15, -0.1) is 11.8 Å². The van der Waals surface area contributed by atoms with Crippen molar-refractivity contribution in [3.8, 4) is 0 Å². The predicted octanol–water partition coefficient (Wildman–Crippen LogP) is 2.41. The molecule has 0 unspecified atom stereocenters. The summed E-state index contributed by atoms with van der Waals surface area (Å²) < 4.78 is 0. The molecule has 0 spiro atoms. The van der Waals surface area contributed by atoms with Crippen molar-refractivity contribution in [1.29, 1.82) is 0 Å². The fraction of sp³-hybridized carbons (Fsp3) is 0.611. The Morgan fingerprint density at radius 3 is 2.83 bits per heavy atom. The second kappa shape index (κ2) is 8.18. The Hall–Kier alpha value is -1.04. The van der Waals surface area contributed by atoms with E-state index in [4.69, 9.17) is 0 Å². The highest BCUT2D eigenvalue weighted by Gasteiger charge is 2.25. The van der Waals surface area contributed by atoms with Gasteiger partial charge in [0.15, 0.2) is 0 Å². The van der Waals surface area contributed by atoms with Gasteiger partial charge in [-0.25, -0.2) is 0 Å². The van der Waals surface area contributed by atoms with Gasteiger partial charge in [0, 0.05) is 37.1 Å². The van der Waals surface area contributed by atoms with Crippen molar-refractivity contribution in [2.75, 3.05) is 32.4 Å². The number of rotatable bonds is 4. The highest BCUT2D eigenvalue weighted by atomic mass is 32.2. The van der Waals surface area contributed by atoms with Crippen LogP contribution < -0.4 is 10.6 Å². The third-order valence-corrected chi connectivity index (χ3v) is 6.04. The van der Waals surface area contributed by atoms with Crippen molar-refractivity contribution >= 4 is 17.7 Å². The molecule has 0 saturated carbocycles. The van der Waals surface area contributed by atoms with E-state index in [0.29, 0.717) is 18.6 Å². The predicted molar refractivity (Wildman–Crippen MR) is 95.8 cm³/mol. The zero-order valence-electron chi connectivity index (χ0n) is 13.9. The van der Waals surface area contributed by atoms with E-state index in [9.17, 15) is 4.79 Å². The third kappa shape index (κ3) is 4.49. The number of nitrogens with one attached hydrogen (secondary N) is 2. The van der Waals surface area contributed by atoms with E-state index in [1.54, 1.807) is 7.05 Å². The molecule has 2 N–H and O–H groups in total. The van der Waals surface area contributed by atoms with Crippen LogP contribution in [-0.4, -0.2) is 49.3 Å². The monoisotopic (exact) mass is 333 g/mol. The zero-order chi connectivity index (χ0) is 16.1. The normalized spacial score (nSPS) is 23.1. The highest BCUT2D eigenvalue weighted by Crippen LogP contribution is 2.35. The van der Waals surface area contributed by atoms with Crippen molar-refractivity contribution in [2.24, 2.45) is 0 Å². The molecule has 0 radical (unpaired) electrons. The summed E-state index contributed by atoms with van der Waals surface area (Å²) in [6.07, 6.45) is 4.75. The van der Waals surface area contributed by atoms with E-state index in [1.807, 2.05) is 11.8 Å². The number of likely N-dealkylation sites (tertiary alicyclic amines) is 1. The first-order valence-electron chi connectivity index (χ1n) is 8.67. The first kappa shape index (κ1) is 16.8. The largest absolute Gasteiger partial charge is 0.358 e. The van der Waals surface area contributed by atoms with Crippen LogP contribution in [0.2, 0.25) is 0 Å². The van der Waals surface area contributed by atoms with Gasteiger partial charge in [0.1, 0.15) is 0 Å². The van der Waals surface area contributed by atoms with Crippen LogP contribution in [0.15, 0.2) is 29.2 Å². The molecule has 4 nitrogen and oxygen atoms in total. The summed E-state index contributed by atoms with van der Waals surface area (Å²) >= 11 is 1.99. The first-order chi connectivity index (χ1) is 11.3.